The molecule has 1 aliphatic carbocycles. The highest BCUT2D eigenvalue weighted by molar-refractivity contribution is 8.00. The van der Waals surface area contributed by atoms with E-state index in [2.05, 4.69) is 26.8 Å². The van der Waals surface area contributed by atoms with Gasteiger partial charge >= 0.3 is 0 Å². The van der Waals surface area contributed by atoms with Gasteiger partial charge in [-0.3, -0.25) is 4.79 Å². The van der Waals surface area contributed by atoms with Crippen LogP contribution in [-0.4, -0.2) is 34.4 Å². The summed E-state index contributed by atoms with van der Waals surface area (Å²) < 4.78 is 0.252. The zero-order valence-electron chi connectivity index (χ0n) is 11.5. The van der Waals surface area contributed by atoms with Crippen LogP contribution >= 0.6 is 11.8 Å². The Labute approximate surface area is 114 Å². The summed E-state index contributed by atoms with van der Waals surface area (Å²) in [7, 11) is 0. The number of hydrogen-bond acceptors (Lipinski definition) is 3. The van der Waals surface area contributed by atoms with Crippen LogP contribution in [0.2, 0.25) is 0 Å². The van der Waals surface area contributed by atoms with Gasteiger partial charge in [0, 0.05) is 23.6 Å². The molecule has 1 heterocycles. The smallest absolute Gasteiger partial charge is 0.243 e. The van der Waals surface area contributed by atoms with Gasteiger partial charge in [0.2, 0.25) is 5.91 Å². The maximum Gasteiger partial charge on any atom is 0.243 e. The fourth-order valence-corrected chi connectivity index (χ4v) is 4.07. The zero-order chi connectivity index (χ0) is 13.4. The van der Waals surface area contributed by atoms with Crippen molar-refractivity contribution in [3.8, 4) is 6.07 Å². The second kappa shape index (κ2) is 4.77. The molecule has 4 heteroatoms. The Bertz CT molecular complexity index is 380. The summed E-state index contributed by atoms with van der Waals surface area (Å²) in [4.78, 5) is 14.5. The highest BCUT2D eigenvalue weighted by Gasteiger charge is 2.50. The maximum absolute atomic E-state index is 12.5. The highest BCUT2D eigenvalue weighted by atomic mass is 32.2. The molecule has 3 nitrogen and oxygen atoms in total. The minimum atomic E-state index is -0.696. The van der Waals surface area contributed by atoms with Crippen molar-refractivity contribution in [2.75, 3.05) is 18.8 Å². The second-order valence-electron chi connectivity index (χ2n) is 6.36. The van der Waals surface area contributed by atoms with E-state index in [-0.39, 0.29) is 10.7 Å². The van der Waals surface area contributed by atoms with Gasteiger partial charge in [-0.2, -0.15) is 17.0 Å². The number of carbonyl (C=O) groups is 1. The molecule has 1 aliphatic heterocycles. The molecule has 0 radical (unpaired) electrons. The molecule has 0 spiro atoms. The number of nitriles is 1. The molecule has 18 heavy (non-hydrogen) atoms. The van der Waals surface area contributed by atoms with E-state index in [1.54, 1.807) is 0 Å². The number of thioether (sulfide) groups is 1. The Morgan fingerprint density at radius 2 is 2.06 bits per heavy atom. The quantitative estimate of drug-likeness (QED) is 0.733. The molecule has 100 valence electrons. The lowest BCUT2D eigenvalue weighted by atomic mass is 9.62. The maximum atomic E-state index is 12.5. The van der Waals surface area contributed by atoms with Crippen molar-refractivity contribution in [3.63, 3.8) is 0 Å². The average molecular weight is 266 g/mol. The minimum absolute atomic E-state index is 0.0846. The number of amides is 1. The van der Waals surface area contributed by atoms with E-state index < -0.39 is 5.41 Å². The van der Waals surface area contributed by atoms with Crippen molar-refractivity contribution in [1.29, 1.82) is 5.26 Å². The Kier molecular flexibility index (Phi) is 3.64. The van der Waals surface area contributed by atoms with Gasteiger partial charge in [-0.1, -0.05) is 20.8 Å². The summed E-state index contributed by atoms with van der Waals surface area (Å²) in [6, 6.07) is 2.29. The molecule has 2 rings (SSSR count). The van der Waals surface area contributed by atoms with Crippen LogP contribution in [0.15, 0.2) is 0 Å². The van der Waals surface area contributed by atoms with Crippen molar-refractivity contribution in [2.24, 2.45) is 11.3 Å². The molecule has 0 aromatic heterocycles. The molecule has 1 saturated carbocycles. The Morgan fingerprint density at radius 3 is 2.61 bits per heavy atom. The van der Waals surface area contributed by atoms with Crippen LogP contribution in [0.4, 0.5) is 0 Å². The van der Waals surface area contributed by atoms with Crippen LogP contribution in [0.25, 0.3) is 0 Å². The third kappa shape index (κ3) is 2.51. The lowest BCUT2D eigenvalue weighted by Crippen LogP contribution is -2.50. The minimum Gasteiger partial charge on any atom is -0.340 e. The molecular weight excluding hydrogens is 244 g/mol. The third-order valence-electron chi connectivity index (χ3n) is 4.14. The van der Waals surface area contributed by atoms with Crippen molar-refractivity contribution < 1.29 is 4.79 Å². The van der Waals surface area contributed by atoms with Gasteiger partial charge in [0.15, 0.2) is 0 Å². The van der Waals surface area contributed by atoms with Crippen molar-refractivity contribution in [2.45, 2.75) is 44.8 Å². The molecule has 1 saturated heterocycles. The molecular formula is C14H22N2OS. The van der Waals surface area contributed by atoms with E-state index in [4.69, 9.17) is 0 Å². The first-order valence-corrected chi connectivity index (χ1v) is 7.72. The van der Waals surface area contributed by atoms with Gasteiger partial charge in [0.25, 0.3) is 0 Å². The standard InChI is InChI=1S/C14H22N2OS/c1-11-8-14(9-11,10-15)12(17)16-5-4-13(2,3)18-7-6-16/h11H,4-9H2,1-3H3. The lowest BCUT2D eigenvalue weighted by Gasteiger charge is -2.42. The predicted octanol–water partition coefficient (Wildman–Crippen LogP) is 2.67. The van der Waals surface area contributed by atoms with Gasteiger partial charge in [0.1, 0.15) is 5.41 Å². The zero-order valence-corrected chi connectivity index (χ0v) is 12.3. The fourth-order valence-electron chi connectivity index (χ4n) is 2.97. The lowest BCUT2D eigenvalue weighted by molar-refractivity contribution is -0.145. The Morgan fingerprint density at radius 1 is 1.39 bits per heavy atom. The van der Waals surface area contributed by atoms with Crippen LogP contribution < -0.4 is 0 Å². The molecule has 0 bridgehead atoms. The number of hydrogen-bond donors (Lipinski definition) is 0. The summed E-state index contributed by atoms with van der Waals surface area (Å²) in [5.41, 5.74) is -0.696. The number of rotatable bonds is 1. The SMILES string of the molecule is CC1CC(C#N)(C(=O)N2CCSC(C)(C)CC2)C1. The van der Waals surface area contributed by atoms with Crippen LogP contribution in [0.1, 0.15) is 40.0 Å². The summed E-state index contributed by atoms with van der Waals surface area (Å²) >= 11 is 1.93. The first-order valence-electron chi connectivity index (χ1n) is 6.73. The average Bonchev–Trinajstić information content (AvgIpc) is 2.45. The molecule has 0 unspecified atom stereocenters. The summed E-state index contributed by atoms with van der Waals surface area (Å²) in [6.45, 7) is 8.18. The molecule has 2 fully saturated rings. The van der Waals surface area contributed by atoms with Crippen molar-refractivity contribution in [1.82, 2.24) is 4.90 Å². The van der Waals surface area contributed by atoms with E-state index in [0.29, 0.717) is 5.92 Å². The van der Waals surface area contributed by atoms with Crippen LogP contribution in [-0.2, 0) is 4.79 Å². The van der Waals surface area contributed by atoms with E-state index in [9.17, 15) is 10.1 Å². The van der Waals surface area contributed by atoms with Gasteiger partial charge in [-0.05, 0) is 25.2 Å². The van der Waals surface area contributed by atoms with Crippen molar-refractivity contribution in [3.05, 3.63) is 0 Å². The van der Waals surface area contributed by atoms with E-state index in [0.717, 1.165) is 38.1 Å². The van der Waals surface area contributed by atoms with Gasteiger partial charge < -0.3 is 4.90 Å². The number of carbonyl (C=O) groups excluding carboxylic acids is 1. The second-order valence-corrected chi connectivity index (χ2v) is 8.16. The van der Waals surface area contributed by atoms with E-state index >= 15 is 0 Å². The van der Waals surface area contributed by atoms with Crippen LogP contribution in [0.3, 0.4) is 0 Å². The first-order chi connectivity index (χ1) is 8.38. The van der Waals surface area contributed by atoms with Gasteiger partial charge in [0.05, 0.1) is 6.07 Å². The summed E-state index contributed by atoms with van der Waals surface area (Å²) in [6.07, 6.45) is 2.51. The van der Waals surface area contributed by atoms with E-state index in [1.165, 1.54) is 0 Å². The number of nitrogens with zero attached hydrogens (tertiary/aromatic N) is 2. The van der Waals surface area contributed by atoms with Gasteiger partial charge in [-0.15, -0.1) is 0 Å². The molecule has 0 N–H and O–H groups in total. The summed E-state index contributed by atoms with van der Waals surface area (Å²) in [5.74, 6) is 1.59. The van der Waals surface area contributed by atoms with E-state index in [1.807, 2.05) is 16.7 Å². The molecule has 0 aromatic carbocycles. The first kappa shape index (κ1) is 13.7. The fraction of sp³-hybridized carbons (Fsp3) is 0.857. The molecule has 0 atom stereocenters. The van der Waals surface area contributed by atoms with Crippen LogP contribution in [0, 0.1) is 22.7 Å². The normalized spacial score (nSPS) is 35.2. The largest absolute Gasteiger partial charge is 0.340 e. The molecule has 2 aliphatic rings. The predicted molar refractivity (Wildman–Crippen MR) is 74.2 cm³/mol. The van der Waals surface area contributed by atoms with Gasteiger partial charge in [-0.25, -0.2) is 0 Å². The summed E-state index contributed by atoms with van der Waals surface area (Å²) in [5, 5.41) is 9.33. The molecule has 0 aromatic rings. The Hall–Kier alpha value is -0.690. The topological polar surface area (TPSA) is 44.1 Å². The monoisotopic (exact) mass is 266 g/mol. The molecule has 1 amide bonds. The van der Waals surface area contributed by atoms with Crippen molar-refractivity contribution >= 4 is 17.7 Å². The van der Waals surface area contributed by atoms with Crippen LogP contribution in [0.5, 0.6) is 0 Å². The highest BCUT2D eigenvalue weighted by Crippen LogP contribution is 2.46. The Balaban J connectivity index is 2.04. The third-order valence-corrected chi connectivity index (χ3v) is 5.51.